The maximum atomic E-state index is 6.21. The molecule has 22 heavy (non-hydrogen) atoms. The molecule has 5 heteroatoms. The summed E-state index contributed by atoms with van der Waals surface area (Å²) >= 11 is 4.56. The van der Waals surface area contributed by atoms with Crippen LogP contribution in [0.5, 0.6) is 0 Å². The SMILES string of the molecule is C=C(NCC)c1noc(-c2cc(C(C)C)c(C)cc2S)c1N. The number of nitrogens with zero attached hydrogens (tertiary/aromatic N) is 1. The molecule has 0 amide bonds. The number of nitrogens with two attached hydrogens (primary N) is 1. The molecule has 1 aromatic heterocycles. The Morgan fingerprint density at radius 1 is 1.45 bits per heavy atom. The molecule has 0 aliphatic heterocycles. The summed E-state index contributed by atoms with van der Waals surface area (Å²) in [6, 6.07) is 4.12. The molecule has 4 nitrogen and oxygen atoms in total. The number of nitrogen functional groups attached to an aromatic ring is 1. The van der Waals surface area contributed by atoms with Crippen LogP contribution in [-0.4, -0.2) is 11.7 Å². The Kier molecular flexibility index (Phi) is 4.86. The molecule has 1 aromatic carbocycles. The monoisotopic (exact) mass is 317 g/mol. The van der Waals surface area contributed by atoms with Gasteiger partial charge in [0.1, 0.15) is 5.69 Å². The maximum Gasteiger partial charge on any atom is 0.191 e. The van der Waals surface area contributed by atoms with Gasteiger partial charge in [0, 0.05) is 17.0 Å². The number of benzene rings is 1. The summed E-state index contributed by atoms with van der Waals surface area (Å²) in [5, 5.41) is 7.16. The number of hydrogen-bond donors (Lipinski definition) is 3. The van der Waals surface area contributed by atoms with Gasteiger partial charge in [-0.15, -0.1) is 12.6 Å². The molecular weight excluding hydrogens is 294 g/mol. The Labute approximate surface area is 137 Å². The zero-order valence-corrected chi connectivity index (χ0v) is 14.4. The quantitative estimate of drug-likeness (QED) is 0.722. The lowest BCUT2D eigenvalue weighted by molar-refractivity contribution is 0.429. The van der Waals surface area contributed by atoms with Crippen LogP contribution in [0.4, 0.5) is 5.69 Å². The standard InChI is InChI=1S/C17H23N3OS/c1-6-19-11(5)16-15(18)17(21-20-16)13-8-12(9(2)3)10(4)7-14(13)22/h7-9,19,22H,5-6,18H2,1-4H3. The first-order chi connectivity index (χ1) is 10.4. The van der Waals surface area contributed by atoms with E-state index in [2.05, 4.69) is 56.5 Å². The van der Waals surface area contributed by atoms with Crippen LogP contribution in [0.25, 0.3) is 17.0 Å². The summed E-state index contributed by atoms with van der Waals surface area (Å²) in [5.41, 5.74) is 11.2. The topological polar surface area (TPSA) is 64.1 Å². The van der Waals surface area contributed by atoms with Crippen molar-refractivity contribution in [2.24, 2.45) is 0 Å². The molecule has 0 radical (unpaired) electrons. The zero-order chi connectivity index (χ0) is 16.4. The largest absolute Gasteiger partial charge is 0.394 e. The zero-order valence-electron chi connectivity index (χ0n) is 13.5. The number of nitrogens with one attached hydrogen (secondary N) is 1. The molecule has 0 unspecified atom stereocenters. The van der Waals surface area contributed by atoms with E-state index in [1.807, 2.05) is 13.0 Å². The second-order valence-corrected chi connectivity index (χ2v) is 6.15. The summed E-state index contributed by atoms with van der Waals surface area (Å²) in [5.74, 6) is 0.953. The third-order valence-corrected chi connectivity index (χ3v) is 4.02. The van der Waals surface area contributed by atoms with E-state index in [1.54, 1.807) is 0 Å². The van der Waals surface area contributed by atoms with E-state index in [1.165, 1.54) is 11.1 Å². The van der Waals surface area contributed by atoms with E-state index in [-0.39, 0.29) is 0 Å². The molecule has 0 atom stereocenters. The fourth-order valence-corrected chi connectivity index (χ4v) is 2.88. The van der Waals surface area contributed by atoms with Gasteiger partial charge in [0.15, 0.2) is 11.5 Å². The minimum absolute atomic E-state index is 0.410. The highest BCUT2D eigenvalue weighted by molar-refractivity contribution is 7.80. The van der Waals surface area contributed by atoms with E-state index in [4.69, 9.17) is 10.3 Å². The molecule has 0 spiro atoms. The number of aryl methyl sites for hydroxylation is 1. The Hall–Kier alpha value is -1.88. The minimum Gasteiger partial charge on any atom is -0.394 e. The van der Waals surface area contributed by atoms with Crippen LogP contribution >= 0.6 is 12.6 Å². The Bertz CT molecular complexity index is 704. The van der Waals surface area contributed by atoms with Gasteiger partial charge in [-0.3, -0.25) is 0 Å². The lowest BCUT2D eigenvalue weighted by Gasteiger charge is -2.13. The number of anilines is 1. The molecule has 3 N–H and O–H groups in total. The molecule has 0 saturated carbocycles. The molecule has 0 fully saturated rings. The lowest BCUT2D eigenvalue weighted by atomic mass is 9.94. The molecule has 2 aromatic rings. The van der Waals surface area contributed by atoms with Crippen molar-refractivity contribution in [3.63, 3.8) is 0 Å². The number of hydrogen-bond acceptors (Lipinski definition) is 5. The average Bonchev–Trinajstić information content (AvgIpc) is 2.80. The van der Waals surface area contributed by atoms with E-state index >= 15 is 0 Å². The van der Waals surface area contributed by atoms with Crippen molar-refractivity contribution in [2.75, 3.05) is 12.3 Å². The van der Waals surface area contributed by atoms with Crippen LogP contribution in [-0.2, 0) is 0 Å². The fraction of sp³-hybridized carbons (Fsp3) is 0.353. The highest BCUT2D eigenvalue weighted by atomic mass is 32.1. The van der Waals surface area contributed by atoms with E-state index in [0.717, 1.165) is 17.0 Å². The summed E-state index contributed by atoms with van der Waals surface area (Å²) in [6.45, 7) is 13.1. The van der Waals surface area contributed by atoms with Crippen LogP contribution < -0.4 is 11.1 Å². The van der Waals surface area contributed by atoms with E-state index < -0.39 is 0 Å². The van der Waals surface area contributed by atoms with Gasteiger partial charge in [0.2, 0.25) is 0 Å². The van der Waals surface area contributed by atoms with Gasteiger partial charge < -0.3 is 15.6 Å². The van der Waals surface area contributed by atoms with Gasteiger partial charge in [-0.25, -0.2) is 0 Å². The van der Waals surface area contributed by atoms with Crippen LogP contribution in [0.2, 0.25) is 0 Å². The fourth-order valence-electron chi connectivity index (χ4n) is 2.52. The van der Waals surface area contributed by atoms with Crippen molar-refractivity contribution in [3.8, 4) is 11.3 Å². The Morgan fingerprint density at radius 3 is 2.73 bits per heavy atom. The second-order valence-electron chi connectivity index (χ2n) is 5.66. The number of thiol groups is 1. The first-order valence-electron chi connectivity index (χ1n) is 7.38. The van der Waals surface area contributed by atoms with Gasteiger partial charge in [-0.05, 0) is 43.0 Å². The van der Waals surface area contributed by atoms with Gasteiger partial charge in [0.05, 0.1) is 5.70 Å². The maximum absolute atomic E-state index is 6.21. The minimum atomic E-state index is 0.410. The summed E-state index contributed by atoms with van der Waals surface area (Å²) in [4.78, 5) is 0.824. The second kappa shape index (κ2) is 6.48. The predicted molar refractivity (Wildman–Crippen MR) is 95.1 cm³/mol. The highest BCUT2D eigenvalue weighted by Gasteiger charge is 2.20. The number of aromatic nitrogens is 1. The van der Waals surface area contributed by atoms with Crippen molar-refractivity contribution in [1.29, 1.82) is 0 Å². The first-order valence-corrected chi connectivity index (χ1v) is 7.83. The molecule has 0 aliphatic rings. The van der Waals surface area contributed by atoms with Crippen LogP contribution in [0.1, 0.15) is 43.5 Å². The number of rotatable bonds is 5. The van der Waals surface area contributed by atoms with Gasteiger partial charge in [-0.2, -0.15) is 0 Å². The third kappa shape index (κ3) is 2.99. The summed E-state index contributed by atoms with van der Waals surface area (Å²) in [6.07, 6.45) is 0. The summed E-state index contributed by atoms with van der Waals surface area (Å²) in [7, 11) is 0. The molecule has 1 heterocycles. The highest BCUT2D eigenvalue weighted by Crippen LogP contribution is 2.37. The average molecular weight is 317 g/mol. The predicted octanol–water partition coefficient (Wildman–Crippen LogP) is 4.22. The lowest BCUT2D eigenvalue weighted by Crippen LogP contribution is -2.11. The van der Waals surface area contributed by atoms with Crippen LogP contribution in [0.3, 0.4) is 0 Å². The summed E-state index contributed by atoms with van der Waals surface area (Å²) < 4.78 is 5.48. The Balaban J connectivity index is 2.53. The van der Waals surface area contributed by atoms with Gasteiger partial charge >= 0.3 is 0 Å². The Morgan fingerprint density at radius 2 is 2.14 bits per heavy atom. The van der Waals surface area contributed by atoms with Crippen molar-refractivity contribution >= 4 is 24.0 Å². The van der Waals surface area contributed by atoms with Crippen molar-refractivity contribution in [3.05, 3.63) is 35.5 Å². The smallest absolute Gasteiger partial charge is 0.191 e. The molecule has 0 bridgehead atoms. The van der Waals surface area contributed by atoms with Gasteiger partial charge in [-0.1, -0.05) is 25.6 Å². The van der Waals surface area contributed by atoms with E-state index in [9.17, 15) is 0 Å². The van der Waals surface area contributed by atoms with Crippen molar-refractivity contribution in [1.82, 2.24) is 10.5 Å². The molecule has 118 valence electrons. The van der Waals surface area contributed by atoms with Crippen molar-refractivity contribution < 1.29 is 4.52 Å². The van der Waals surface area contributed by atoms with Crippen molar-refractivity contribution in [2.45, 2.75) is 38.5 Å². The van der Waals surface area contributed by atoms with Crippen LogP contribution in [0.15, 0.2) is 28.1 Å². The van der Waals surface area contributed by atoms with Gasteiger partial charge in [0.25, 0.3) is 0 Å². The third-order valence-electron chi connectivity index (χ3n) is 3.65. The molecule has 2 rings (SSSR count). The molecular formula is C17H23N3OS. The first kappa shape index (κ1) is 16.5. The van der Waals surface area contributed by atoms with E-state index in [0.29, 0.717) is 28.8 Å². The molecule has 0 aliphatic carbocycles. The van der Waals surface area contributed by atoms with Crippen LogP contribution in [0, 0.1) is 6.92 Å². The normalized spacial score (nSPS) is 11.0. The molecule has 0 saturated heterocycles.